The van der Waals surface area contributed by atoms with Gasteiger partial charge in [0.25, 0.3) is 11.8 Å². The fraction of sp³-hybridized carbons (Fsp3) is 0.276. The largest absolute Gasteiger partial charge is 0.493 e. The Labute approximate surface area is 225 Å². The van der Waals surface area contributed by atoms with Crippen molar-refractivity contribution in [3.05, 3.63) is 95.1 Å². The maximum atomic E-state index is 13.8. The number of hydrogen-bond donors (Lipinski definition) is 0. The predicted octanol–water partition coefficient (Wildman–Crippen LogP) is 4.45. The monoisotopic (exact) mass is 537 g/mol. The number of amides is 2. The Morgan fingerprint density at radius 1 is 0.949 bits per heavy atom. The van der Waals surface area contributed by atoms with Gasteiger partial charge < -0.3 is 19.1 Å². The van der Waals surface area contributed by atoms with Gasteiger partial charge in [-0.2, -0.15) is 5.10 Å². The minimum atomic E-state index is -0.555. The summed E-state index contributed by atoms with van der Waals surface area (Å²) in [5.41, 5.74) is 2.11. The third-order valence-electron chi connectivity index (χ3n) is 6.39. The van der Waals surface area contributed by atoms with Gasteiger partial charge in [-0.3, -0.25) is 9.59 Å². The SMILES string of the molecule is COCCN(CC(=O)N1N=C(c2ccc(F)cc2)C[C@H]1c1ccc(OC)c(OC)c1)C(=O)c1cccc(F)c1. The molecule has 0 saturated carbocycles. The Morgan fingerprint density at radius 3 is 2.36 bits per heavy atom. The average molecular weight is 538 g/mol. The van der Waals surface area contributed by atoms with E-state index >= 15 is 0 Å². The summed E-state index contributed by atoms with van der Waals surface area (Å²) in [6, 6.07) is 16.0. The molecule has 0 aliphatic carbocycles. The highest BCUT2D eigenvalue weighted by Gasteiger charge is 2.35. The number of nitrogens with zero attached hydrogens (tertiary/aromatic N) is 3. The number of hydrazone groups is 1. The molecule has 4 rings (SSSR count). The first-order chi connectivity index (χ1) is 18.8. The van der Waals surface area contributed by atoms with Crippen LogP contribution in [-0.4, -0.2) is 68.5 Å². The maximum absolute atomic E-state index is 13.8. The number of rotatable bonds is 10. The van der Waals surface area contributed by atoms with Crippen molar-refractivity contribution < 1.29 is 32.6 Å². The quantitative estimate of drug-likeness (QED) is 0.382. The summed E-state index contributed by atoms with van der Waals surface area (Å²) in [6.07, 6.45) is 0.350. The lowest BCUT2D eigenvalue weighted by Gasteiger charge is -2.27. The number of ether oxygens (including phenoxy) is 3. The third kappa shape index (κ3) is 6.40. The molecule has 8 nitrogen and oxygen atoms in total. The van der Waals surface area contributed by atoms with Crippen molar-refractivity contribution in [1.82, 2.24) is 9.91 Å². The minimum absolute atomic E-state index is 0.112. The third-order valence-corrected chi connectivity index (χ3v) is 6.39. The van der Waals surface area contributed by atoms with E-state index in [1.165, 1.54) is 61.6 Å². The van der Waals surface area contributed by atoms with Gasteiger partial charge in [0, 0.05) is 25.6 Å². The lowest BCUT2D eigenvalue weighted by molar-refractivity contribution is -0.133. The molecule has 3 aromatic carbocycles. The van der Waals surface area contributed by atoms with Crippen molar-refractivity contribution in [1.29, 1.82) is 0 Å². The van der Waals surface area contributed by atoms with E-state index in [4.69, 9.17) is 14.2 Å². The standard InChI is InChI=1S/C29H29F2N3O5/c1-37-14-13-33(29(36)21-5-4-6-23(31)15-21)18-28(35)34-25(20-9-12-26(38-2)27(16-20)39-3)17-24(32-34)19-7-10-22(30)11-8-19/h4-12,15-16,25H,13-14,17-18H2,1-3H3/t25-/m0/s1. The zero-order valence-corrected chi connectivity index (χ0v) is 21.9. The molecule has 0 saturated heterocycles. The fourth-order valence-electron chi connectivity index (χ4n) is 4.37. The molecule has 1 aliphatic heterocycles. The molecule has 0 radical (unpaired) electrons. The smallest absolute Gasteiger partial charge is 0.262 e. The van der Waals surface area contributed by atoms with Crippen molar-refractivity contribution in [3.63, 3.8) is 0 Å². The summed E-state index contributed by atoms with van der Waals surface area (Å²) in [7, 11) is 4.54. The lowest BCUT2D eigenvalue weighted by Crippen LogP contribution is -2.42. The molecule has 204 valence electrons. The van der Waals surface area contributed by atoms with Gasteiger partial charge in [0.15, 0.2) is 11.5 Å². The molecule has 1 heterocycles. The molecule has 0 spiro atoms. The first-order valence-corrected chi connectivity index (χ1v) is 12.3. The molecule has 1 aliphatic rings. The van der Waals surface area contributed by atoms with Crippen molar-refractivity contribution >= 4 is 17.5 Å². The number of methoxy groups -OCH3 is 3. The van der Waals surface area contributed by atoms with Crippen molar-refractivity contribution in [2.24, 2.45) is 5.10 Å². The number of halogens is 2. The Kier molecular flexibility index (Phi) is 8.88. The van der Waals surface area contributed by atoms with Crippen LogP contribution in [0.4, 0.5) is 8.78 Å². The summed E-state index contributed by atoms with van der Waals surface area (Å²) in [6.45, 7) is -0.0266. The van der Waals surface area contributed by atoms with Crippen LogP contribution in [0.1, 0.15) is 33.9 Å². The van der Waals surface area contributed by atoms with E-state index in [9.17, 15) is 18.4 Å². The van der Waals surface area contributed by atoms with Gasteiger partial charge in [0.1, 0.15) is 18.2 Å². The Hall–Kier alpha value is -4.31. The van der Waals surface area contributed by atoms with E-state index in [1.807, 2.05) is 6.07 Å². The van der Waals surface area contributed by atoms with E-state index in [1.54, 1.807) is 24.3 Å². The van der Waals surface area contributed by atoms with Gasteiger partial charge >= 0.3 is 0 Å². The second-order valence-electron chi connectivity index (χ2n) is 8.86. The molecule has 0 bridgehead atoms. The molecule has 0 N–H and O–H groups in total. The first kappa shape index (κ1) is 27.7. The molecule has 2 amide bonds. The van der Waals surface area contributed by atoms with Crippen LogP contribution in [0.15, 0.2) is 71.8 Å². The molecule has 0 unspecified atom stereocenters. The van der Waals surface area contributed by atoms with Gasteiger partial charge in [-0.1, -0.05) is 24.3 Å². The zero-order chi connectivity index (χ0) is 27.9. The maximum Gasteiger partial charge on any atom is 0.262 e. The van der Waals surface area contributed by atoms with Crippen LogP contribution in [0.3, 0.4) is 0 Å². The highest BCUT2D eigenvalue weighted by Crippen LogP contribution is 2.37. The summed E-state index contributed by atoms with van der Waals surface area (Å²) < 4.78 is 43.3. The molecule has 0 aromatic heterocycles. The number of carbonyl (C=O) groups is 2. The molecule has 10 heteroatoms. The summed E-state index contributed by atoms with van der Waals surface area (Å²) >= 11 is 0. The number of carbonyl (C=O) groups excluding carboxylic acids is 2. The minimum Gasteiger partial charge on any atom is -0.493 e. The Morgan fingerprint density at radius 2 is 1.69 bits per heavy atom. The van der Waals surface area contributed by atoms with Gasteiger partial charge in [-0.25, -0.2) is 13.8 Å². The van der Waals surface area contributed by atoms with Crippen LogP contribution < -0.4 is 9.47 Å². The Bertz CT molecular complexity index is 1360. The highest BCUT2D eigenvalue weighted by molar-refractivity contribution is 6.03. The van der Waals surface area contributed by atoms with Gasteiger partial charge in [-0.05, 0) is 53.6 Å². The molecule has 3 aromatic rings. The van der Waals surface area contributed by atoms with Crippen molar-refractivity contribution in [3.8, 4) is 11.5 Å². The Balaban J connectivity index is 1.67. The molecule has 1 atom stereocenters. The summed E-state index contributed by atoms with van der Waals surface area (Å²) in [4.78, 5) is 28.2. The lowest BCUT2D eigenvalue weighted by atomic mass is 9.98. The summed E-state index contributed by atoms with van der Waals surface area (Å²) in [5, 5.41) is 5.93. The van der Waals surface area contributed by atoms with Crippen LogP contribution in [0.2, 0.25) is 0 Å². The van der Waals surface area contributed by atoms with E-state index in [0.717, 1.165) is 11.6 Å². The normalized spacial score (nSPS) is 14.6. The average Bonchev–Trinajstić information content (AvgIpc) is 3.40. The van der Waals surface area contributed by atoms with Gasteiger partial charge in [0.2, 0.25) is 0 Å². The van der Waals surface area contributed by atoms with Gasteiger partial charge in [-0.15, -0.1) is 0 Å². The molecule has 0 fully saturated rings. The first-order valence-electron chi connectivity index (χ1n) is 12.3. The number of hydrogen-bond acceptors (Lipinski definition) is 6. The van der Waals surface area contributed by atoms with Crippen LogP contribution in [0.25, 0.3) is 0 Å². The van der Waals surface area contributed by atoms with Crippen molar-refractivity contribution in [2.75, 3.05) is 41.0 Å². The van der Waals surface area contributed by atoms with Crippen molar-refractivity contribution in [2.45, 2.75) is 12.5 Å². The van der Waals surface area contributed by atoms with Gasteiger partial charge in [0.05, 0.1) is 32.6 Å². The van der Waals surface area contributed by atoms with Crippen LogP contribution in [0.5, 0.6) is 11.5 Å². The van der Waals surface area contributed by atoms with Crippen LogP contribution in [0, 0.1) is 11.6 Å². The fourth-order valence-corrected chi connectivity index (χ4v) is 4.37. The zero-order valence-electron chi connectivity index (χ0n) is 21.9. The predicted molar refractivity (Wildman–Crippen MR) is 141 cm³/mol. The second kappa shape index (κ2) is 12.5. The number of benzene rings is 3. The van der Waals surface area contributed by atoms with E-state index in [2.05, 4.69) is 5.10 Å². The molecular weight excluding hydrogens is 508 g/mol. The molecular formula is C29H29F2N3O5. The summed E-state index contributed by atoms with van der Waals surface area (Å²) in [5.74, 6) is -0.882. The van der Waals surface area contributed by atoms with Crippen LogP contribution in [-0.2, 0) is 9.53 Å². The van der Waals surface area contributed by atoms with Crippen LogP contribution >= 0.6 is 0 Å². The topological polar surface area (TPSA) is 80.7 Å². The van der Waals surface area contributed by atoms with E-state index < -0.39 is 23.7 Å². The second-order valence-corrected chi connectivity index (χ2v) is 8.86. The van der Waals surface area contributed by atoms with E-state index in [-0.39, 0.29) is 31.1 Å². The molecule has 39 heavy (non-hydrogen) atoms. The highest BCUT2D eigenvalue weighted by atomic mass is 19.1. The van der Waals surface area contributed by atoms with E-state index in [0.29, 0.717) is 29.2 Å².